The number of nitrogen functional groups attached to an aromatic ring is 1. The van der Waals surface area contributed by atoms with Gasteiger partial charge in [-0.3, -0.25) is 0 Å². The number of benzene rings is 1. The average molecular weight is 277 g/mol. The number of hydrogen-bond acceptors (Lipinski definition) is 5. The molecule has 102 valence electrons. The fraction of sp³-hybridized carbons (Fsp3) is 0.429. The molecule has 0 amide bonds. The Morgan fingerprint density at radius 1 is 1.32 bits per heavy atom. The molecule has 0 aliphatic carbocycles. The maximum atomic E-state index is 5.80. The predicted octanol–water partition coefficient (Wildman–Crippen LogP) is 3.55. The maximum absolute atomic E-state index is 5.80. The van der Waals surface area contributed by atoms with Crippen LogP contribution in [0.3, 0.4) is 0 Å². The third kappa shape index (κ3) is 3.50. The monoisotopic (exact) mass is 277 g/mol. The molecule has 0 bridgehead atoms. The number of aromatic nitrogens is 2. The zero-order chi connectivity index (χ0) is 14.0. The molecule has 4 nitrogen and oxygen atoms in total. The van der Waals surface area contributed by atoms with Crippen LogP contribution in [0.4, 0.5) is 5.69 Å². The van der Waals surface area contributed by atoms with Gasteiger partial charge in [0.2, 0.25) is 5.89 Å². The highest BCUT2D eigenvalue weighted by Crippen LogP contribution is 2.26. The first-order valence-corrected chi connectivity index (χ1v) is 7.17. The van der Waals surface area contributed by atoms with Crippen LogP contribution in [0.2, 0.25) is 0 Å². The Balaban J connectivity index is 2.02. The van der Waals surface area contributed by atoms with Crippen molar-refractivity contribution in [3.05, 3.63) is 35.5 Å². The van der Waals surface area contributed by atoms with Gasteiger partial charge in [-0.05, 0) is 30.7 Å². The van der Waals surface area contributed by atoms with Crippen molar-refractivity contribution >= 4 is 17.4 Å². The first-order chi connectivity index (χ1) is 8.86. The van der Waals surface area contributed by atoms with Gasteiger partial charge in [-0.25, -0.2) is 0 Å². The van der Waals surface area contributed by atoms with E-state index in [1.54, 1.807) is 11.8 Å². The van der Waals surface area contributed by atoms with E-state index in [4.69, 9.17) is 10.3 Å². The Bertz CT molecular complexity index is 572. The van der Waals surface area contributed by atoms with E-state index < -0.39 is 0 Å². The Morgan fingerprint density at radius 2 is 2.05 bits per heavy atom. The van der Waals surface area contributed by atoms with Crippen molar-refractivity contribution < 1.29 is 4.52 Å². The van der Waals surface area contributed by atoms with Crippen molar-refractivity contribution in [3.63, 3.8) is 0 Å². The van der Waals surface area contributed by atoms with Crippen molar-refractivity contribution in [2.75, 3.05) is 5.73 Å². The summed E-state index contributed by atoms with van der Waals surface area (Å²) in [7, 11) is 0. The molecule has 2 aromatic rings. The summed E-state index contributed by atoms with van der Waals surface area (Å²) in [6, 6.07) is 6.01. The van der Waals surface area contributed by atoms with E-state index in [0.29, 0.717) is 11.6 Å². The molecule has 5 heteroatoms. The molecule has 0 saturated heterocycles. The van der Waals surface area contributed by atoms with Crippen molar-refractivity contribution in [1.29, 1.82) is 0 Å². The van der Waals surface area contributed by atoms with Gasteiger partial charge >= 0.3 is 0 Å². The summed E-state index contributed by atoms with van der Waals surface area (Å²) in [6.45, 7) is 8.17. The van der Waals surface area contributed by atoms with Crippen LogP contribution >= 0.6 is 11.8 Å². The minimum atomic E-state index is -0.103. The quantitative estimate of drug-likeness (QED) is 0.686. The number of nitrogens with two attached hydrogens (primary N) is 1. The van der Waals surface area contributed by atoms with Gasteiger partial charge in [-0.15, -0.1) is 11.8 Å². The Kier molecular flexibility index (Phi) is 3.85. The molecule has 0 spiro atoms. The molecular weight excluding hydrogens is 258 g/mol. The number of rotatable bonds is 3. The SMILES string of the molecule is Cc1cc(SCc2noc(C(C)(C)C)n2)ccc1N. The molecule has 19 heavy (non-hydrogen) atoms. The molecule has 0 aliphatic heterocycles. The molecule has 2 N–H and O–H groups in total. The minimum absolute atomic E-state index is 0.103. The molecule has 0 fully saturated rings. The summed E-state index contributed by atoms with van der Waals surface area (Å²) in [5.74, 6) is 2.10. The van der Waals surface area contributed by atoms with Gasteiger partial charge in [-0.2, -0.15) is 4.98 Å². The molecule has 0 aliphatic rings. The lowest BCUT2D eigenvalue weighted by atomic mass is 9.97. The van der Waals surface area contributed by atoms with Crippen LogP contribution in [0.15, 0.2) is 27.6 Å². The Labute approximate surface area is 117 Å². The van der Waals surface area contributed by atoms with Crippen LogP contribution in [-0.4, -0.2) is 10.1 Å². The Hall–Kier alpha value is -1.49. The highest BCUT2D eigenvalue weighted by Gasteiger charge is 2.21. The molecule has 0 saturated carbocycles. The molecule has 0 unspecified atom stereocenters. The minimum Gasteiger partial charge on any atom is -0.399 e. The molecule has 1 heterocycles. The summed E-state index contributed by atoms with van der Waals surface area (Å²) in [4.78, 5) is 5.57. The van der Waals surface area contributed by atoms with Crippen molar-refractivity contribution in [2.24, 2.45) is 0 Å². The summed E-state index contributed by atoms with van der Waals surface area (Å²) in [5, 5.41) is 4.01. The van der Waals surface area contributed by atoms with E-state index in [2.05, 4.69) is 37.0 Å². The van der Waals surface area contributed by atoms with Gasteiger partial charge in [0.05, 0.1) is 5.75 Å². The largest absolute Gasteiger partial charge is 0.399 e. The standard InChI is InChI=1S/C14H19N3OS/c1-9-7-10(5-6-11(9)15)19-8-12-16-13(18-17-12)14(2,3)4/h5-7H,8,15H2,1-4H3. The fourth-order valence-corrected chi connectivity index (χ4v) is 2.34. The zero-order valence-corrected chi connectivity index (χ0v) is 12.5. The molecule has 1 aromatic heterocycles. The third-order valence-electron chi connectivity index (χ3n) is 2.72. The summed E-state index contributed by atoms with van der Waals surface area (Å²) in [5.41, 5.74) is 7.60. The van der Waals surface area contributed by atoms with E-state index in [-0.39, 0.29) is 5.41 Å². The molecule has 0 atom stereocenters. The van der Waals surface area contributed by atoms with Gasteiger partial charge in [0.25, 0.3) is 0 Å². The maximum Gasteiger partial charge on any atom is 0.232 e. The molecule has 0 radical (unpaired) electrons. The fourth-order valence-electron chi connectivity index (χ4n) is 1.50. The second-order valence-corrected chi connectivity index (χ2v) is 6.62. The molecule has 2 rings (SSSR count). The van der Waals surface area contributed by atoms with E-state index in [1.807, 2.05) is 19.1 Å². The highest BCUT2D eigenvalue weighted by atomic mass is 32.2. The van der Waals surface area contributed by atoms with E-state index in [1.165, 1.54) is 0 Å². The van der Waals surface area contributed by atoms with Crippen LogP contribution in [-0.2, 0) is 11.2 Å². The van der Waals surface area contributed by atoms with Crippen LogP contribution < -0.4 is 5.73 Å². The molecular formula is C14H19N3OS. The number of nitrogens with zero attached hydrogens (tertiary/aromatic N) is 2. The lowest BCUT2D eigenvalue weighted by molar-refractivity contribution is 0.319. The van der Waals surface area contributed by atoms with Crippen molar-refractivity contribution in [3.8, 4) is 0 Å². The lowest BCUT2D eigenvalue weighted by Gasteiger charge is -2.10. The van der Waals surface area contributed by atoms with Crippen LogP contribution in [0.5, 0.6) is 0 Å². The number of aryl methyl sites for hydroxylation is 1. The van der Waals surface area contributed by atoms with E-state index in [9.17, 15) is 0 Å². The third-order valence-corrected chi connectivity index (χ3v) is 3.71. The number of anilines is 1. The van der Waals surface area contributed by atoms with Crippen molar-refractivity contribution in [1.82, 2.24) is 10.1 Å². The average Bonchev–Trinajstić information content (AvgIpc) is 2.79. The summed E-state index contributed by atoms with van der Waals surface area (Å²) in [6.07, 6.45) is 0. The van der Waals surface area contributed by atoms with E-state index >= 15 is 0 Å². The first kappa shape index (κ1) is 13.9. The lowest BCUT2D eigenvalue weighted by Crippen LogP contribution is -2.11. The Morgan fingerprint density at radius 3 is 2.63 bits per heavy atom. The second-order valence-electron chi connectivity index (χ2n) is 5.57. The topological polar surface area (TPSA) is 64.9 Å². The number of thioether (sulfide) groups is 1. The van der Waals surface area contributed by atoms with Gasteiger partial charge in [0.1, 0.15) is 0 Å². The molecule has 1 aromatic carbocycles. The smallest absolute Gasteiger partial charge is 0.232 e. The van der Waals surface area contributed by atoms with Crippen LogP contribution in [0, 0.1) is 6.92 Å². The zero-order valence-electron chi connectivity index (χ0n) is 11.7. The van der Waals surface area contributed by atoms with Gasteiger partial charge < -0.3 is 10.3 Å². The van der Waals surface area contributed by atoms with Gasteiger partial charge in [0.15, 0.2) is 5.82 Å². The van der Waals surface area contributed by atoms with Gasteiger partial charge in [0, 0.05) is 16.0 Å². The summed E-state index contributed by atoms with van der Waals surface area (Å²) >= 11 is 1.68. The number of hydrogen-bond donors (Lipinski definition) is 1. The highest BCUT2D eigenvalue weighted by molar-refractivity contribution is 7.98. The second kappa shape index (κ2) is 5.25. The van der Waals surface area contributed by atoms with Crippen LogP contribution in [0.25, 0.3) is 0 Å². The van der Waals surface area contributed by atoms with Gasteiger partial charge in [-0.1, -0.05) is 25.9 Å². The normalized spacial score (nSPS) is 11.8. The van der Waals surface area contributed by atoms with Crippen molar-refractivity contribution in [2.45, 2.75) is 43.8 Å². The van der Waals surface area contributed by atoms with Crippen LogP contribution in [0.1, 0.15) is 38.0 Å². The first-order valence-electron chi connectivity index (χ1n) is 6.18. The predicted molar refractivity (Wildman–Crippen MR) is 78.2 cm³/mol. The summed E-state index contributed by atoms with van der Waals surface area (Å²) < 4.78 is 5.27. The van der Waals surface area contributed by atoms with E-state index in [0.717, 1.165) is 22.0 Å².